The molecule has 3 rings (SSSR count). The van der Waals surface area contributed by atoms with Gasteiger partial charge in [-0.2, -0.15) is 0 Å². The van der Waals surface area contributed by atoms with Crippen LogP contribution in [0.1, 0.15) is 5.69 Å². The van der Waals surface area contributed by atoms with Crippen LogP contribution in [-0.4, -0.2) is 24.7 Å². The number of fused-ring (bicyclic) bond motifs is 1. The van der Waals surface area contributed by atoms with E-state index in [1.807, 2.05) is 41.2 Å². The Morgan fingerprint density at radius 3 is 2.71 bits per heavy atom. The second-order valence-corrected chi connectivity index (χ2v) is 6.51. The van der Waals surface area contributed by atoms with Crippen molar-refractivity contribution in [2.75, 3.05) is 6.54 Å². The van der Waals surface area contributed by atoms with Crippen LogP contribution in [0.4, 0.5) is 0 Å². The minimum atomic E-state index is -3.44. The highest BCUT2D eigenvalue weighted by molar-refractivity contribution is 7.88. The topological polar surface area (TPSA) is 77.1 Å². The fraction of sp³-hybridized carbons (Fsp3) is 0.214. The van der Waals surface area contributed by atoms with Crippen LogP contribution >= 0.6 is 0 Å². The maximum absolute atomic E-state index is 12.1. The zero-order valence-electron chi connectivity index (χ0n) is 11.3. The molecule has 2 heterocycles. The number of hydrogen-bond donors (Lipinski definition) is 1. The predicted octanol–water partition coefficient (Wildman–Crippen LogP) is 1.75. The van der Waals surface area contributed by atoms with E-state index >= 15 is 0 Å². The summed E-state index contributed by atoms with van der Waals surface area (Å²) < 4.78 is 33.7. The standard InChI is InChI=1S/C14H15N3O3S/c18-21(19,15-7-10-17-8-3-4-9-17)11-13-12-5-1-2-6-14(12)20-16-13/h1-6,8-9,15H,7,10-11H2. The van der Waals surface area contributed by atoms with E-state index in [1.165, 1.54) is 0 Å². The first-order valence-electron chi connectivity index (χ1n) is 6.55. The first kappa shape index (κ1) is 13.8. The number of para-hydroxylation sites is 1. The second-order valence-electron chi connectivity index (χ2n) is 4.70. The van der Waals surface area contributed by atoms with E-state index in [0.29, 0.717) is 24.4 Å². The average molecular weight is 305 g/mol. The van der Waals surface area contributed by atoms with E-state index < -0.39 is 10.0 Å². The van der Waals surface area contributed by atoms with Crippen LogP contribution in [0.3, 0.4) is 0 Å². The van der Waals surface area contributed by atoms with Crippen molar-refractivity contribution < 1.29 is 12.9 Å². The zero-order valence-corrected chi connectivity index (χ0v) is 12.1. The Kier molecular flexibility index (Phi) is 3.76. The summed E-state index contributed by atoms with van der Waals surface area (Å²) in [6.07, 6.45) is 3.78. The van der Waals surface area contributed by atoms with Gasteiger partial charge in [-0.25, -0.2) is 13.1 Å². The number of aromatic nitrogens is 2. The van der Waals surface area contributed by atoms with Gasteiger partial charge in [0.1, 0.15) is 11.4 Å². The van der Waals surface area contributed by atoms with Gasteiger partial charge in [-0.05, 0) is 24.3 Å². The molecule has 110 valence electrons. The summed E-state index contributed by atoms with van der Waals surface area (Å²) in [7, 11) is -3.44. The van der Waals surface area contributed by atoms with E-state index in [4.69, 9.17) is 4.52 Å². The van der Waals surface area contributed by atoms with Gasteiger partial charge < -0.3 is 9.09 Å². The molecular weight excluding hydrogens is 290 g/mol. The monoisotopic (exact) mass is 305 g/mol. The molecule has 0 aliphatic carbocycles. The van der Waals surface area contributed by atoms with Gasteiger partial charge >= 0.3 is 0 Å². The fourth-order valence-electron chi connectivity index (χ4n) is 2.12. The third kappa shape index (κ3) is 3.32. The highest BCUT2D eigenvalue weighted by atomic mass is 32.2. The minimum Gasteiger partial charge on any atom is -0.356 e. The number of nitrogens with zero attached hydrogens (tertiary/aromatic N) is 2. The van der Waals surface area contributed by atoms with Gasteiger partial charge in [-0.1, -0.05) is 17.3 Å². The predicted molar refractivity (Wildman–Crippen MR) is 79.1 cm³/mol. The first-order chi connectivity index (χ1) is 10.1. The second kappa shape index (κ2) is 5.71. The molecule has 21 heavy (non-hydrogen) atoms. The molecule has 0 aliphatic heterocycles. The lowest BCUT2D eigenvalue weighted by Crippen LogP contribution is -2.28. The van der Waals surface area contributed by atoms with Crippen LogP contribution in [0.25, 0.3) is 11.0 Å². The molecule has 0 amide bonds. The molecule has 1 N–H and O–H groups in total. The maximum Gasteiger partial charge on any atom is 0.217 e. The Labute approximate surface area is 122 Å². The lowest BCUT2D eigenvalue weighted by atomic mass is 10.2. The summed E-state index contributed by atoms with van der Waals surface area (Å²) in [5.74, 6) is -0.185. The number of benzene rings is 1. The van der Waals surface area contributed by atoms with Crippen LogP contribution in [-0.2, 0) is 22.3 Å². The van der Waals surface area contributed by atoms with Crippen LogP contribution < -0.4 is 4.72 Å². The number of hydrogen-bond acceptors (Lipinski definition) is 4. The molecule has 0 fully saturated rings. The quantitative estimate of drug-likeness (QED) is 0.752. The van der Waals surface area contributed by atoms with Crippen LogP contribution in [0.5, 0.6) is 0 Å². The molecule has 3 aromatic rings. The SMILES string of the molecule is O=S(=O)(Cc1noc2ccccc12)NCCn1cccc1. The van der Waals surface area contributed by atoms with Crippen molar-refractivity contribution in [1.29, 1.82) is 0 Å². The molecule has 0 atom stereocenters. The molecule has 0 saturated carbocycles. The molecule has 0 saturated heterocycles. The Bertz CT molecular complexity index is 822. The van der Waals surface area contributed by atoms with Gasteiger partial charge in [0.05, 0.1) is 0 Å². The Morgan fingerprint density at radius 2 is 1.90 bits per heavy atom. The van der Waals surface area contributed by atoms with Crippen molar-refractivity contribution in [2.45, 2.75) is 12.3 Å². The van der Waals surface area contributed by atoms with Crippen LogP contribution in [0.2, 0.25) is 0 Å². The third-order valence-electron chi connectivity index (χ3n) is 3.14. The van der Waals surface area contributed by atoms with Crippen molar-refractivity contribution in [3.8, 4) is 0 Å². The van der Waals surface area contributed by atoms with Gasteiger partial charge in [0.25, 0.3) is 0 Å². The summed E-state index contributed by atoms with van der Waals surface area (Å²) in [5, 5.41) is 4.57. The maximum atomic E-state index is 12.1. The van der Waals surface area contributed by atoms with Gasteiger partial charge in [0, 0.05) is 30.9 Å². The molecular formula is C14H15N3O3S. The van der Waals surface area contributed by atoms with E-state index in [-0.39, 0.29) is 5.75 Å². The molecule has 0 radical (unpaired) electrons. The Morgan fingerprint density at radius 1 is 1.14 bits per heavy atom. The summed E-state index contributed by atoms with van der Waals surface area (Å²) in [5.41, 5.74) is 1.02. The molecule has 2 aromatic heterocycles. The normalized spacial score (nSPS) is 12.0. The molecule has 0 unspecified atom stereocenters. The van der Waals surface area contributed by atoms with Crippen molar-refractivity contribution >= 4 is 21.0 Å². The van der Waals surface area contributed by atoms with E-state index in [0.717, 1.165) is 5.39 Å². The summed E-state index contributed by atoms with van der Waals surface area (Å²) in [6, 6.07) is 11.0. The molecule has 6 nitrogen and oxygen atoms in total. The number of nitrogens with one attached hydrogen (secondary N) is 1. The Balaban J connectivity index is 1.65. The van der Waals surface area contributed by atoms with Crippen LogP contribution in [0, 0.1) is 0 Å². The molecule has 7 heteroatoms. The third-order valence-corrected chi connectivity index (χ3v) is 4.43. The van der Waals surface area contributed by atoms with E-state index in [1.54, 1.807) is 12.1 Å². The summed E-state index contributed by atoms with van der Waals surface area (Å²) >= 11 is 0. The minimum absolute atomic E-state index is 0.185. The highest BCUT2D eigenvalue weighted by Gasteiger charge is 2.16. The first-order valence-corrected chi connectivity index (χ1v) is 8.21. The van der Waals surface area contributed by atoms with Gasteiger partial charge in [0.2, 0.25) is 10.0 Å². The van der Waals surface area contributed by atoms with Crippen molar-refractivity contribution in [2.24, 2.45) is 0 Å². The highest BCUT2D eigenvalue weighted by Crippen LogP contribution is 2.19. The molecule has 0 spiro atoms. The Hall–Kier alpha value is -2.12. The van der Waals surface area contributed by atoms with Gasteiger partial charge in [0.15, 0.2) is 5.58 Å². The summed E-state index contributed by atoms with van der Waals surface area (Å²) in [4.78, 5) is 0. The largest absolute Gasteiger partial charge is 0.356 e. The van der Waals surface area contributed by atoms with Gasteiger partial charge in [-0.3, -0.25) is 0 Å². The van der Waals surface area contributed by atoms with E-state index in [2.05, 4.69) is 9.88 Å². The molecule has 0 bridgehead atoms. The molecule has 1 aromatic carbocycles. The van der Waals surface area contributed by atoms with Crippen molar-refractivity contribution in [1.82, 2.24) is 14.4 Å². The zero-order chi connectivity index (χ0) is 14.7. The lowest BCUT2D eigenvalue weighted by molar-refractivity contribution is 0.448. The van der Waals surface area contributed by atoms with Crippen molar-refractivity contribution in [3.63, 3.8) is 0 Å². The smallest absolute Gasteiger partial charge is 0.217 e. The van der Waals surface area contributed by atoms with Gasteiger partial charge in [-0.15, -0.1) is 0 Å². The van der Waals surface area contributed by atoms with Crippen molar-refractivity contribution in [3.05, 3.63) is 54.5 Å². The average Bonchev–Trinajstić information content (AvgIpc) is 3.09. The van der Waals surface area contributed by atoms with Crippen LogP contribution in [0.15, 0.2) is 53.3 Å². The summed E-state index contributed by atoms with van der Waals surface area (Å²) in [6.45, 7) is 0.929. The number of rotatable bonds is 6. The number of sulfonamides is 1. The molecule has 0 aliphatic rings. The fourth-order valence-corrected chi connectivity index (χ4v) is 3.20. The van der Waals surface area contributed by atoms with E-state index in [9.17, 15) is 8.42 Å². The lowest BCUT2D eigenvalue weighted by Gasteiger charge is -2.06.